The predicted molar refractivity (Wildman–Crippen MR) is 99.5 cm³/mol. The number of carbonyl (C=O) groups excluding carboxylic acids is 2. The normalized spacial score (nSPS) is 18.7. The van der Waals surface area contributed by atoms with Gasteiger partial charge < -0.3 is 14.8 Å². The maximum absolute atomic E-state index is 12.3. The van der Waals surface area contributed by atoms with E-state index in [-0.39, 0.29) is 30.6 Å². The lowest BCUT2D eigenvalue weighted by Gasteiger charge is -2.10. The Labute approximate surface area is 155 Å². The fourth-order valence-electron chi connectivity index (χ4n) is 3.60. The molecule has 142 valence electrons. The van der Waals surface area contributed by atoms with Gasteiger partial charge in [-0.2, -0.15) is 0 Å². The molecule has 1 aliphatic carbocycles. The van der Waals surface area contributed by atoms with Gasteiger partial charge in [0.05, 0.1) is 12.7 Å². The Bertz CT molecular complexity index is 622. The maximum atomic E-state index is 12.3. The lowest BCUT2D eigenvalue weighted by Crippen LogP contribution is -2.26. The Kier molecular flexibility index (Phi) is 7.21. The summed E-state index contributed by atoms with van der Waals surface area (Å²) in [6, 6.07) is 5.97. The van der Waals surface area contributed by atoms with Crippen LogP contribution in [-0.2, 0) is 27.1 Å². The van der Waals surface area contributed by atoms with Gasteiger partial charge in [-0.15, -0.1) is 0 Å². The van der Waals surface area contributed by atoms with E-state index in [2.05, 4.69) is 11.4 Å². The molecule has 1 atom stereocenters. The van der Waals surface area contributed by atoms with Crippen molar-refractivity contribution in [3.8, 4) is 0 Å². The van der Waals surface area contributed by atoms with E-state index < -0.39 is 0 Å². The minimum atomic E-state index is -0.0707. The minimum absolute atomic E-state index is 0.0507. The standard InChI is InChI=1S/C21H29NO4/c23-20(18-8-7-16-4-1-5-17(16)14-18)9-10-21(24)22-11-3-12-25-15-19-6-2-13-26-19/h7-8,14,19H,1-6,9-13,15H2,(H,22,24). The first kappa shape index (κ1) is 19.1. The van der Waals surface area contributed by atoms with E-state index in [0.29, 0.717) is 19.8 Å². The van der Waals surface area contributed by atoms with E-state index in [1.807, 2.05) is 12.1 Å². The minimum Gasteiger partial charge on any atom is -0.379 e. The molecule has 1 N–H and O–H groups in total. The number of ketones is 1. The lowest BCUT2D eigenvalue weighted by atomic mass is 10.0. The van der Waals surface area contributed by atoms with Crippen LogP contribution in [-0.4, -0.2) is 44.2 Å². The van der Waals surface area contributed by atoms with Gasteiger partial charge in [-0.3, -0.25) is 9.59 Å². The van der Waals surface area contributed by atoms with Crippen molar-refractivity contribution in [3.63, 3.8) is 0 Å². The number of rotatable bonds is 10. The summed E-state index contributed by atoms with van der Waals surface area (Å²) in [5, 5.41) is 2.86. The molecule has 1 unspecified atom stereocenters. The van der Waals surface area contributed by atoms with Crippen molar-refractivity contribution in [1.82, 2.24) is 5.32 Å². The second kappa shape index (κ2) is 9.83. The van der Waals surface area contributed by atoms with Crippen LogP contribution in [0.5, 0.6) is 0 Å². The molecule has 26 heavy (non-hydrogen) atoms. The molecule has 1 aromatic rings. The molecule has 1 amide bonds. The van der Waals surface area contributed by atoms with Gasteiger partial charge in [-0.1, -0.05) is 12.1 Å². The molecular formula is C21H29NO4. The van der Waals surface area contributed by atoms with Crippen LogP contribution in [0.1, 0.15) is 60.0 Å². The van der Waals surface area contributed by atoms with Crippen LogP contribution in [0.15, 0.2) is 18.2 Å². The monoisotopic (exact) mass is 359 g/mol. The van der Waals surface area contributed by atoms with Gasteiger partial charge in [0.25, 0.3) is 0 Å². The van der Waals surface area contributed by atoms with Crippen LogP contribution in [0.3, 0.4) is 0 Å². The van der Waals surface area contributed by atoms with Gasteiger partial charge in [-0.05, 0) is 55.7 Å². The molecule has 0 aromatic heterocycles. The summed E-state index contributed by atoms with van der Waals surface area (Å²) in [5.74, 6) is -0.0200. The van der Waals surface area contributed by atoms with Crippen LogP contribution in [0, 0.1) is 0 Å². The highest BCUT2D eigenvalue weighted by atomic mass is 16.5. The molecule has 0 saturated carbocycles. The van der Waals surface area contributed by atoms with Crippen LogP contribution in [0.4, 0.5) is 0 Å². The Balaban J connectivity index is 1.26. The molecule has 1 aromatic carbocycles. The van der Waals surface area contributed by atoms with E-state index in [0.717, 1.165) is 44.3 Å². The fraction of sp³-hybridized carbons (Fsp3) is 0.619. The smallest absolute Gasteiger partial charge is 0.220 e. The second-order valence-electron chi connectivity index (χ2n) is 7.17. The van der Waals surface area contributed by atoms with Crippen LogP contribution >= 0.6 is 0 Å². The maximum Gasteiger partial charge on any atom is 0.220 e. The molecule has 1 fully saturated rings. The first-order valence-corrected chi connectivity index (χ1v) is 9.83. The zero-order chi connectivity index (χ0) is 18.2. The highest BCUT2D eigenvalue weighted by molar-refractivity contribution is 5.98. The Morgan fingerprint density at radius 1 is 1.15 bits per heavy atom. The molecule has 5 nitrogen and oxygen atoms in total. The summed E-state index contributed by atoms with van der Waals surface area (Å²) in [6.07, 6.45) is 7.07. The van der Waals surface area contributed by atoms with Crippen molar-refractivity contribution in [2.24, 2.45) is 0 Å². The summed E-state index contributed by atoms with van der Waals surface area (Å²) in [6.45, 7) is 2.68. The third kappa shape index (κ3) is 5.64. The lowest BCUT2D eigenvalue weighted by molar-refractivity contribution is -0.121. The van der Waals surface area contributed by atoms with Gasteiger partial charge in [0.15, 0.2) is 5.78 Å². The molecule has 1 saturated heterocycles. The zero-order valence-corrected chi connectivity index (χ0v) is 15.4. The Hall–Kier alpha value is -1.72. The number of carbonyl (C=O) groups is 2. The van der Waals surface area contributed by atoms with E-state index >= 15 is 0 Å². The van der Waals surface area contributed by atoms with Crippen LogP contribution in [0.2, 0.25) is 0 Å². The number of hydrogen-bond acceptors (Lipinski definition) is 4. The summed E-state index contributed by atoms with van der Waals surface area (Å²) < 4.78 is 11.0. The molecular weight excluding hydrogens is 330 g/mol. The Morgan fingerprint density at radius 2 is 2.04 bits per heavy atom. The molecule has 1 aliphatic heterocycles. The first-order chi connectivity index (χ1) is 12.7. The SMILES string of the molecule is O=C(CCC(=O)c1ccc2c(c1)CCC2)NCCCOCC1CCCO1. The van der Waals surface area contributed by atoms with Crippen LogP contribution in [0.25, 0.3) is 0 Å². The number of fused-ring (bicyclic) bond motifs is 1. The second-order valence-corrected chi connectivity index (χ2v) is 7.17. The number of ether oxygens (including phenoxy) is 2. The summed E-state index contributed by atoms with van der Waals surface area (Å²) in [4.78, 5) is 24.2. The van der Waals surface area contributed by atoms with E-state index in [1.54, 1.807) is 0 Å². The van der Waals surface area contributed by atoms with Crippen molar-refractivity contribution in [2.45, 2.75) is 57.5 Å². The third-order valence-corrected chi connectivity index (χ3v) is 5.11. The number of amides is 1. The highest BCUT2D eigenvalue weighted by Crippen LogP contribution is 2.23. The predicted octanol–water partition coefficient (Wildman–Crippen LogP) is 2.84. The summed E-state index contributed by atoms with van der Waals surface area (Å²) in [5.41, 5.74) is 3.39. The molecule has 0 spiro atoms. The van der Waals surface area contributed by atoms with Crippen molar-refractivity contribution in [2.75, 3.05) is 26.4 Å². The van der Waals surface area contributed by atoms with Crippen molar-refractivity contribution >= 4 is 11.7 Å². The van der Waals surface area contributed by atoms with E-state index in [1.165, 1.54) is 17.5 Å². The number of hydrogen-bond donors (Lipinski definition) is 1. The fourth-order valence-corrected chi connectivity index (χ4v) is 3.60. The van der Waals surface area contributed by atoms with Crippen molar-refractivity contribution < 1.29 is 19.1 Å². The molecule has 5 heteroatoms. The van der Waals surface area contributed by atoms with Crippen LogP contribution < -0.4 is 5.32 Å². The molecule has 2 aliphatic rings. The largest absolute Gasteiger partial charge is 0.379 e. The first-order valence-electron chi connectivity index (χ1n) is 9.83. The molecule has 3 rings (SSSR count). The average molecular weight is 359 g/mol. The molecule has 0 bridgehead atoms. The van der Waals surface area contributed by atoms with Gasteiger partial charge in [-0.25, -0.2) is 0 Å². The topological polar surface area (TPSA) is 64.6 Å². The highest BCUT2D eigenvalue weighted by Gasteiger charge is 2.16. The number of Topliss-reactive ketones (excluding diaryl/α,β-unsaturated/α-hetero) is 1. The third-order valence-electron chi connectivity index (χ3n) is 5.11. The average Bonchev–Trinajstić information content (AvgIpc) is 3.33. The Morgan fingerprint density at radius 3 is 2.88 bits per heavy atom. The zero-order valence-electron chi connectivity index (χ0n) is 15.4. The van der Waals surface area contributed by atoms with Gasteiger partial charge in [0.2, 0.25) is 5.91 Å². The summed E-state index contributed by atoms with van der Waals surface area (Å²) in [7, 11) is 0. The van der Waals surface area contributed by atoms with E-state index in [4.69, 9.17) is 9.47 Å². The van der Waals surface area contributed by atoms with Crippen molar-refractivity contribution in [1.29, 1.82) is 0 Å². The summed E-state index contributed by atoms with van der Waals surface area (Å²) >= 11 is 0. The number of benzene rings is 1. The number of aryl methyl sites for hydroxylation is 2. The number of nitrogens with one attached hydrogen (secondary N) is 1. The van der Waals surface area contributed by atoms with Gasteiger partial charge in [0.1, 0.15) is 0 Å². The molecule has 1 heterocycles. The van der Waals surface area contributed by atoms with E-state index in [9.17, 15) is 9.59 Å². The van der Waals surface area contributed by atoms with Gasteiger partial charge >= 0.3 is 0 Å². The molecule has 0 radical (unpaired) electrons. The van der Waals surface area contributed by atoms with Gasteiger partial charge in [0, 0.05) is 38.2 Å². The van der Waals surface area contributed by atoms with Crippen molar-refractivity contribution in [3.05, 3.63) is 34.9 Å². The quantitative estimate of drug-likeness (QED) is 0.515.